The molecule has 2 rings (SSSR count). The van der Waals surface area contributed by atoms with Gasteiger partial charge in [0.15, 0.2) is 0 Å². The molecule has 1 unspecified atom stereocenters. The Hall–Kier alpha value is -1.21. The molecule has 0 aliphatic heterocycles. The zero-order valence-electron chi connectivity index (χ0n) is 10.9. The first-order chi connectivity index (χ1) is 9.54. The van der Waals surface area contributed by atoms with Gasteiger partial charge in [-0.2, -0.15) is 0 Å². The third kappa shape index (κ3) is 4.42. The van der Waals surface area contributed by atoms with Gasteiger partial charge >= 0.3 is 0 Å². The van der Waals surface area contributed by atoms with Gasteiger partial charge in [0, 0.05) is 37.6 Å². The summed E-state index contributed by atoms with van der Waals surface area (Å²) in [5, 5.41) is 2.85. The topological polar surface area (TPSA) is 46.2 Å². The fraction of sp³-hybridized carbons (Fsp3) is 0.133. The van der Waals surface area contributed by atoms with E-state index >= 15 is 0 Å². The molecule has 0 bridgehead atoms. The lowest BCUT2D eigenvalue weighted by Crippen LogP contribution is -2.12. The molecule has 5 heteroatoms. The average Bonchev–Trinajstić information content (AvgIpc) is 2.39. The molecule has 0 aliphatic rings. The van der Waals surface area contributed by atoms with Crippen LogP contribution in [-0.2, 0) is 16.6 Å². The number of rotatable bonds is 4. The first-order valence-electron chi connectivity index (χ1n) is 6.00. The van der Waals surface area contributed by atoms with Crippen molar-refractivity contribution in [3.8, 4) is 0 Å². The summed E-state index contributed by atoms with van der Waals surface area (Å²) in [5.41, 5.74) is 2.29. The Morgan fingerprint density at radius 1 is 1.20 bits per heavy atom. The second-order valence-electron chi connectivity index (χ2n) is 4.38. The fourth-order valence-electron chi connectivity index (χ4n) is 1.78. The van der Waals surface area contributed by atoms with Crippen molar-refractivity contribution in [1.29, 1.82) is 0 Å². The molecule has 1 atom stereocenters. The summed E-state index contributed by atoms with van der Waals surface area (Å²) < 4.78 is 12.3. The molecule has 0 fully saturated rings. The Morgan fingerprint density at radius 2 is 1.90 bits per heavy atom. The molecule has 3 nitrogen and oxygen atoms in total. The van der Waals surface area contributed by atoms with Crippen LogP contribution in [0.2, 0.25) is 0 Å². The molecule has 0 spiro atoms. The zero-order valence-corrected chi connectivity index (χ0v) is 13.9. The van der Waals surface area contributed by atoms with E-state index in [1.54, 1.807) is 18.4 Å². The molecule has 2 aromatic rings. The molecule has 0 saturated carbocycles. The van der Waals surface area contributed by atoms with Crippen molar-refractivity contribution < 1.29 is 9.00 Å². The largest absolute Gasteiger partial charge is 0.322 e. The monoisotopic (exact) mass is 399 g/mol. The number of carbonyl (C=O) groups excluding carboxylic acids is 1. The van der Waals surface area contributed by atoms with E-state index < -0.39 is 10.8 Å². The summed E-state index contributed by atoms with van der Waals surface area (Å²) >= 11 is 2.20. The molecule has 0 aromatic heterocycles. The Bertz CT molecular complexity index is 641. The van der Waals surface area contributed by atoms with Gasteiger partial charge in [0.05, 0.1) is 0 Å². The molecule has 0 saturated heterocycles. The van der Waals surface area contributed by atoms with Gasteiger partial charge in [0.25, 0.3) is 5.91 Å². The molecular weight excluding hydrogens is 385 g/mol. The SMILES string of the molecule is CS(=O)Cc1cccc(NC(=O)c2ccc(I)cc2)c1. The van der Waals surface area contributed by atoms with Crippen LogP contribution < -0.4 is 5.32 Å². The molecule has 20 heavy (non-hydrogen) atoms. The Kier molecular flexibility index (Phi) is 5.31. The third-order valence-corrected chi connectivity index (χ3v) is 4.12. The molecule has 1 amide bonds. The highest BCUT2D eigenvalue weighted by atomic mass is 127. The number of amides is 1. The number of nitrogens with one attached hydrogen (secondary N) is 1. The van der Waals surface area contributed by atoms with Crippen molar-refractivity contribution in [1.82, 2.24) is 0 Å². The van der Waals surface area contributed by atoms with Crippen LogP contribution in [0.25, 0.3) is 0 Å². The van der Waals surface area contributed by atoms with Gasteiger partial charge in [-0.15, -0.1) is 0 Å². The smallest absolute Gasteiger partial charge is 0.255 e. The van der Waals surface area contributed by atoms with E-state index in [9.17, 15) is 9.00 Å². The number of carbonyl (C=O) groups is 1. The molecule has 2 aromatic carbocycles. The summed E-state index contributed by atoms with van der Waals surface area (Å²) in [6.07, 6.45) is 1.66. The summed E-state index contributed by atoms with van der Waals surface area (Å²) in [7, 11) is -0.890. The standard InChI is InChI=1S/C15H14INO2S/c1-20(19)10-11-3-2-4-14(9-11)17-15(18)12-5-7-13(16)8-6-12/h2-9H,10H2,1H3,(H,17,18). The van der Waals surface area contributed by atoms with Crippen LogP contribution in [0.15, 0.2) is 48.5 Å². The third-order valence-electron chi connectivity index (χ3n) is 2.66. The van der Waals surface area contributed by atoms with Gasteiger partial charge in [-0.05, 0) is 64.6 Å². The first kappa shape index (κ1) is 15.2. The molecule has 0 aliphatic carbocycles. The number of hydrogen-bond acceptors (Lipinski definition) is 2. The predicted molar refractivity (Wildman–Crippen MR) is 91.3 cm³/mol. The second-order valence-corrected chi connectivity index (χ2v) is 7.06. The van der Waals surface area contributed by atoms with Crippen LogP contribution in [0, 0.1) is 3.57 Å². The van der Waals surface area contributed by atoms with Gasteiger partial charge < -0.3 is 5.32 Å². The van der Waals surface area contributed by atoms with E-state index in [-0.39, 0.29) is 5.91 Å². The van der Waals surface area contributed by atoms with Crippen LogP contribution >= 0.6 is 22.6 Å². The van der Waals surface area contributed by atoms with Gasteiger partial charge in [-0.3, -0.25) is 9.00 Å². The quantitative estimate of drug-likeness (QED) is 0.801. The minimum absolute atomic E-state index is 0.142. The maximum absolute atomic E-state index is 12.1. The van der Waals surface area contributed by atoms with Crippen molar-refractivity contribution in [3.63, 3.8) is 0 Å². The van der Waals surface area contributed by atoms with Crippen LogP contribution in [0.1, 0.15) is 15.9 Å². The van der Waals surface area contributed by atoms with E-state index in [0.717, 1.165) is 14.8 Å². The summed E-state index contributed by atoms with van der Waals surface area (Å²) in [6.45, 7) is 0. The van der Waals surface area contributed by atoms with E-state index in [0.29, 0.717) is 11.3 Å². The Morgan fingerprint density at radius 3 is 2.55 bits per heavy atom. The van der Waals surface area contributed by atoms with Crippen molar-refractivity contribution >= 4 is 45.0 Å². The van der Waals surface area contributed by atoms with Crippen molar-refractivity contribution in [2.75, 3.05) is 11.6 Å². The first-order valence-corrected chi connectivity index (χ1v) is 8.81. The van der Waals surface area contributed by atoms with Crippen LogP contribution in [0.3, 0.4) is 0 Å². The fourth-order valence-corrected chi connectivity index (χ4v) is 2.79. The maximum atomic E-state index is 12.1. The minimum Gasteiger partial charge on any atom is -0.322 e. The van der Waals surface area contributed by atoms with Crippen molar-refractivity contribution in [3.05, 3.63) is 63.2 Å². The van der Waals surface area contributed by atoms with Crippen LogP contribution in [0.4, 0.5) is 5.69 Å². The highest BCUT2D eigenvalue weighted by molar-refractivity contribution is 14.1. The predicted octanol–water partition coefficient (Wildman–Crippen LogP) is 3.42. The van der Waals surface area contributed by atoms with E-state index in [4.69, 9.17) is 0 Å². The van der Waals surface area contributed by atoms with E-state index in [1.165, 1.54) is 0 Å². The summed E-state index contributed by atoms with van der Waals surface area (Å²) in [5.74, 6) is 0.351. The second kappa shape index (κ2) is 6.99. The van der Waals surface area contributed by atoms with Gasteiger partial charge in [-0.1, -0.05) is 12.1 Å². The van der Waals surface area contributed by atoms with Crippen molar-refractivity contribution in [2.45, 2.75) is 5.75 Å². The zero-order chi connectivity index (χ0) is 14.5. The summed E-state index contributed by atoms with van der Waals surface area (Å²) in [4.78, 5) is 12.1. The van der Waals surface area contributed by atoms with Gasteiger partial charge in [0.2, 0.25) is 0 Å². The minimum atomic E-state index is -0.890. The van der Waals surface area contributed by atoms with Crippen molar-refractivity contribution in [2.24, 2.45) is 0 Å². The average molecular weight is 399 g/mol. The number of anilines is 1. The number of hydrogen-bond donors (Lipinski definition) is 1. The molecule has 0 heterocycles. The lowest BCUT2D eigenvalue weighted by atomic mass is 10.2. The number of benzene rings is 2. The van der Waals surface area contributed by atoms with Crippen LogP contribution in [-0.4, -0.2) is 16.4 Å². The van der Waals surface area contributed by atoms with Gasteiger partial charge in [0.1, 0.15) is 0 Å². The van der Waals surface area contributed by atoms with Gasteiger partial charge in [-0.25, -0.2) is 0 Å². The highest BCUT2D eigenvalue weighted by Crippen LogP contribution is 2.14. The Balaban J connectivity index is 2.11. The van der Waals surface area contributed by atoms with E-state index in [2.05, 4.69) is 27.9 Å². The number of halogens is 1. The lowest BCUT2D eigenvalue weighted by Gasteiger charge is -2.07. The van der Waals surface area contributed by atoms with E-state index in [1.807, 2.05) is 36.4 Å². The molecule has 0 radical (unpaired) electrons. The van der Waals surface area contributed by atoms with Crippen LogP contribution in [0.5, 0.6) is 0 Å². The normalized spacial score (nSPS) is 11.9. The summed E-state index contributed by atoms with van der Waals surface area (Å²) in [6, 6.07) is 14.8. The molecular formula is C15H14INO2S. The Labute approximate surface area is 134 Å². The highest BCUT2D eigenvalue weighted by Gasteiger charge is 2.06. The molecule has 104 valence electrons. The maximum Gasteiger partial charge on any atom is 0.255 e. The lowest BCUT2D eigenvalue weighted by molar-refractivity contribution is 0.102. The molecule has 1 N–H and O–H groups in total.